The predicted molar refractivity (Wildman–Crippen MR) is 40.7 cm³/mol. The largest absolute Gasteiger partial charge is 0.304 e. The van der Waals surface area contributed by atoms with E-state index >= 15 is 0 Å². The second-order valence-corrected chi connectivity index (χ2v) is 2.92. The molecule has 4 heteroatoms. The van der Waals surface area contributed by atoms with E-state index in [0.29, 0.717) is 6.61 Å². The lowest BCUT2D eigenvalue weighted by Crippen LogP contribution is -2.03. The van der Waals surface area contributed by atoms with E-state index < -0.39 is 0 Å². The molecule has 0 atom stereocenters. The number of thiazole rings is 1. The van der Waals surface area contributed by atoms with Crippen LogP contribution in [0.1, 0.15) is 10.6 Å². The minimum absolute atomic E-state index is 0.572. The molecule has 10 heavy (non-hydrogen) atoms. The first kappa shape index (κ1) is 7.65. The molecule has 0 spiro atoms. The van der Waals surface area contributed by atoms with Crippen LogP contribution in [0.5, 0.6) is 0 Å². The third-order valence-electron chi connectivity index (χ3n) is 1.29. The highest BCUT2D eigenvalue weighted by Gasteiger charge is 1.99. The highest BCUT2D eigenvalue weighted by Crippen LogP contribution is 2.11. The number of nitrogens with zero attached hydrogens (tertiary/aromatic N) is 1. The van der Waals surface area contributed by atoms with Crippen LogP contribution in [-0.2, 0) is 11.3 Å². The Balaban J connectivity index is 2.49. The van der Waals surface area contributed by atoms with Crippen LogP contribution in [0, 0.1) is 6.92 Å². The number of rotatable bonds is 3. The van der Waals surface area contributed by atoms with Gasteiger partial charge in [0.1, 0.15) is 0 Å². The molecule has 0 aliphatic carbocycles. The minimum Gasteiger partial charge on any atom is -0.304 e. The highest BCUT2D eigenvalue weighted by atomic mass is 32.1. The second kappa shape index (κ2) is 3.65. The Kier molecular flexibility index (Phi) is 2.80. The van der Waals surface area contributed by atoms with Crippen molar-refractivity contribution in [2.75, 3.05) is 6.61 Å². The van der Waals surface area contributed by atoms with Crippen LogP contribution in [0.3, 0.4) is 0 Å². The zero-order valence-corrected chi connectivity index (χ0v) is 6.65. The molecule has 2 N–H and O–H groups in total. The Morgan fingerprint density at radius 1 is 1.80 bits per heavy atom. The highest BCUT2D eigenvalue weighted by molar-refractivity contribution is 7.09. The normalized spacial score (nSPS) is 10.2. The van der Waals surface area contributed by atoms with Gasteiger partial charge in [0.05, 0.1) is 17.8 Å². The molecular weight excluding hydrogens is 148 g/mol. The van der Waals surface area contributed by atoms with Gasteiger partial charge in [0.25, 0.3) is 0 Å². The number of nitrogens with two attached hydrogens (primary N) is 1. The maximum Gasteiger partial charge on any atom is 0.0797 e. The molecule has 0 unspecified atom stereocenters. The zero-order chi connectivity index (χ0) is 7.40. The maximum absolute atomic E-state index is 4.88. The van der Waals surface area contributed by atoms with Crippen molar-refractivity contribution in [3.63, 3.8) is 0 Å². The molecule has 0 bridgehead atoms. The van der Waals surface area contributed by atoms with Crippen molar-refractivity contribution < 1.29 is 4.84 Å². The van der Waals surface area contributed by atoms with Crippen molar-refractivity contribution in [1.82, 2.24) is 4.98 Å². The summed E-state index contributed by atoms with van der Waals surface area (Å²) in [5.41, 5.74) is 2.92. The molecule has 1 rings (SSSR count). The van der Waals surface area contributed by atoms with E-state index in [0.717, 1.165) is 12.1 Å². The molecule has 0 radical (unpaired) electrons. The third kappa shape index (κ3) is 1.76. The van der Waals surface area contributed by atoms with Crippen LogP contribution in [0.15, 0.2) is 5.51 Å². The van der Waals surface area contributed by atoms with Crippen molar-refractivity contribution in [2.24, 2.45) is 5.90 Å². The first-order valence-electron chi connectivity index (χ1n) is 3.05. The molecule has 0 saturated carbocycles. The van der Waals surface area contributed by atoms with Crippen LogP contribution in [0.4, 0.5) is 0 Å². The summed E-state index contributed by atoms with van der Waals surface area (Å²) >= 11 is 1.64. The Hall–Kier alpha value is -0.450. The summed E-state index contributed by atoms with van der Waals surface area (Å²) in [7, 11) is 0. The van der Waals surface area contributed by atoms with Gasteiger partial charge in [-0.25, -0.2) is 10.9 Å². The third-order valence-corrected chi connectivity index (χ3v) is 2.29. The van der Waals surface area contributed by atoms with Gasteiger partial charge >= 0.3 is 0 Å². The molecule has 0 saturated heterocycles. The standard InChI is InChI=1S/C6H10N2OS/c1-5-6(2-3-9-7)10-4-8-5/h4H,2-3,7H2,1H3. The van der Waals surface area contributed by atoms with Crippen molar-refractivity contribution >= 4 is 11.3 Å². The van der Waals surface area contributed by atoms with Gasteiger partial charge < -0.3 is 4.84 Å². The molecule has 1 aromatic heterocycles. The van der Waals surface area contributed by atoms with Gasteiger partial charge in [-0.3, -0.25) is 0 Å². The molecule has 1 aromatic rings. The quantitative estimate of drug-likeness (QED) is 0.664. The van der Waals surface area contributed by atoms with Crippen LogP contribution in [0.2, 0.25) is 0 Å². The summed E-state index contributed by atoms with van der Waals surface area (Å²) in [5, 5.41) is 0. The van der Waals surface area contributed by atoms with Crippen LogP contribution >= 0.6 is 11.3 Å². The van der Waals surface area contributed by atoms with Crippen molar-refractivity contribution in [1.29, 1.82) is 0 Å². The fourth-order valence-corrected chi connectivity index (χ4v) is 1.48. The molecule has 1 heterocycles. The molecule has 0 amide bonds. The molecule has 0 aliphatic rings. The molecular formula is C6H10N2OS. The number of aryl methyl sites for hydroxylation is 1. The molecule has 3 nitrogen and oxygen atoms in total. The average molecular weight is 158 g/mol. The summed E-state index contributed by atoms with van der Waals surface area (Å²) in [6, 6.07) is 0. The Morgan fingerprint density at radius 2 is 2.60 bits per heavy atom. The fourth-order valence-electron chi connectivity index (χ4n) is 0.718. The molecule has 0 aliphatic heterocycles. The Labute approximate surface area is 63.8 Å². The van der Waals surface area contributed by atoms with Gasteiger partial charge in [-0.15, -0.1) is 11.3 Å². The van der Waals surface area contributed by atoms with E-state index in [1.54, 1.807) is 11.3 Å². The minimum atomic E-state index is 0.572. The first-order valence-corrected chi connectivity index (χ1v) is 3.93. The van der Waals surface area contributed by atoms with Gasteiger partial charge in [-0.1, -0.05) is 0 Å². The second-order valence-electron chi connectivity index (χ2n) is 1.98. The summed E-state index contributed by atoms with van der Waals surface area (Å²) in [4.78, 5) is 9.80. The average Bonchev–Trinajstić information content (AvgIpc) is 2.31. The van der Waals surface area contributed by atoms with Crippen LogP contribution in [-0.4, -0.2) is 11.6 Å². The number of hydrogen-bond donors (Lipinski definition) is 1. The SMILES string of the molecule is Cc1ncsc1CCON. The lowest BCUT2D eigenvalue weighted by molar-refractivity contribution is 0.141. The van der Waals surface area contributed by atoms with E-state index in [1.165, 1.54) is 4.88 Å². The van der Waals surface area contributed by atoms with Crippen molar-refractivity contribution in [3.05, 3.63) is 16.1 Å². The van der Waals surface area contributed by atoms with E-state index in [1.807, 2.05) is 12.4 Å². The smallest absolute Gasteiger partial charge is 0.0797 e. The van der Waals surface area contributed by atoms with Crippen molar-refractivity contribution in [3.8, 4) is 0 Å². The number of aromatic nitrogens is 1. The van der Waals surface area contributed by atoms with Gasteiger partial charge in [0, 0.05) is 11.3 Å². The van der Waals surface area contributed by atoms with Crippen LogP contribution in [0.25, 0.3) is 0 Å². The molecule has 0 fully saturated rings. The Bertz CT molecular complexity index is 199. The molecule has 0 aromatic carbocycles. The van der Waals surface area contributed by atoms with E-state index in [-0.39, 0.29) is 0 Å². The lowest BCUT2D eigenvalue weighted by Gasteiger charge is -1.94. The van der Waals surface area contributed by atoms with Crippen molar-refractivity contribution in [2.45, 2.75) is 13.3 Å². The topological polar surface area (TPSA) is 48.1 Å². The van der Waals surface area contributed by atoms with Gasteiger partial charge in [-0.2, -0.15) is 0 Å². The first-order chi connectivity index (χ1) is 4.84. The van der Waals surface area contributed by atoms with E-state index in [4.69, 9.17) is 5.90 Å². The summed E-state index contributed by atoms with van der Waals surface area (Å²) in [6.45, 7) is 2.56. The summed E-state index contributed by atoms with van der Waals surface area (Å²) in [6.07, 6.45) is 0.868. The summed E-state index contributed by atoms with van der Waals surface area (Å²) in [5.74, 6) is 4.88. The zero-order valence-electron chi connectivity index (χ0n) is 5.83. The Morgan fingerprint density at radius 3 is 3.10 bits per heavy atom. The fraction of sp³-hybridized carbons (Fsp3) is 0.500. The van der Waals surface area contributed by atoms with Gasteiger partial charge in [-0.05, 0) is 6.92 Å². The monoisotopic (exact) mass is 158 g/mol. The number of hydrogen-bond acceptors (Lipinski definition) is 4. The van der Waals surface area contributed by atoms with Gasteiger partial charge in [0.15, 0.2) is 0 Å². The van der Waals surface area contributed by atoms with E-state index in [9.17, 15) is 0 Å². The van der Waals surface area contributed by atoms with Crippen LogP contribution < -0.4 is 5.90 Å². The predicted octanol–water partition coefficient (Wildman–Crippen LogP) is 0.884. The lowest BCUT2D eigenvalue weighted by atomic mass is 10.3. The van der Waals surface area contributed by atoms with Gasteiger partial charge in [0.2, 0.25) is 0 Å². The molecule has 56 valence electrons. The maximum atomic E-state index is 4.88. The summed E-state index contributed by atoms with van der Waals surface area (Å²) < 4.78 is 0. The van der Waals surface area contributed by atoms with E-state index in [2.05, 4.69) is 9.82 Å².